The van der Waals surface area contributed by atoms with Gasteiger partial charge in [0, 0.05) is 37.2 Å². The van der Waals surface area contributed by atoms with Crippen molar-refractivity contribution in [3.8, 4) is 0 Å². The fraction of sp³-hybridized carbons (Fsp3) is 0.429. The molecule has 0 aliphatic carbocycles. The summed E-state index contributed by atoms with van der Waals surface area (Å²) in [6, 6.07) is 3.89. The summed E-state index contributed by atoms with van der Waals surface area (Å²) in [5.74, 6) is -1.08. The van der Waals surface area contributed by atoms with Crippen molar-refractivity contribution in [1.29, 1.82) is 0 Å². The summed E-state index contributed by atoms with van der Waals surface area (Å²) in [6.07, 6.45) is -0.486. The van der Waals surface area contributed by atoms with Crippen molar-refractivity contribution in [3.05, 3.63) is 33.9 Å². The number of hydrogen-bond acceptors (Lipinski definition) is 7. The lowest BCUT2D eigenvalue weighted by Gasteiger charge is -2.14. The molecule has 9 nitrogen and oxygen atoms in total. The van der Waals surface area contributed by atoms with Gasteiger partial charge in [0.1, 0.15) is 0 Å². The van der Waals surface area contributed by atoms with Crippen LogP contribution in [0.4, 0.5) is 5.69 Å². The van der Waals surface area contributed by atoms with Crippen LogP contribution in [0, 0.1) is 16.0 Å². The molecule has 2 atom stereocenters. The van der Waals surface area contributed by atoms with E-state index in [1.165, 1.54) is 12.1 Å². The molecule has 1 aliphatic rings. The number of aliphatic hydroxyl groups excluding tert-OH is 1. The Morgan fingerprint density at radius 1 is 1.44 bits per heavy atom. The predicted octanol–water partition coefficient (Wildman–Crippen LogP) is -0.0959. The number of amides is 2. The van der Waals surface area contributed by atoms with Crippen LogP contribution >= 0.6 is 24.2 Å². The van der Waals surface area contributed by atoms with Gasteiger partial charge in [0.15, 0.2) is 0 Å². The maximum Gasteiger partial charge on any atom is 0.283 e. The van der Waals surface area contributed by atoms with Crippen LogP contribution < -0.4 is 16.4 Å². The van der Waals surface area contributed by atoms with Gasteiger partial charge >= 0.3 is 0 Å². The van der Waals surface area contributed by atoms with Gasteiger partial charge in [0.05, 0.1) is 21.7 Å². The fourth-order valence-electron chi connectivity index (χ4n) is 2.30. The first kappa shape index (κ1) is 21.2. The summed E-state index contributed by atoms with van der Waals surface area (Å²) in [5.41, 5.74) is 4.88. The first-order valence-corrected chi connectivity index (χ1v) is 8.23. The van der Waals surface area contributed by atoms with Crippen molar-refractivity contribution in [2.24, 2.45) is 11.7 Å². The monoisotopic (exact) mass is 390 g/mol. The highest BCUT2D eigenvalue weighted by molar-refractivity contribution is 8.00. The number of rotatable bonds is 7. The van der Waals surface area contributed by atoms with E-state index < -0.39 is 16.9 Å². The summed E-state index contributed by atoms with van der Waals surface area (Å²) in [4.78, 5) is 33.7. The Morgan fingerprint density at radius 2 is 2.16 bits per heavy atom. The number of nitrogens with one attached hydrogen (secondary N) is 2. The molecule has 138 valence electrons. The third kappa shape index (κ3) is 5.85. The number of aliphatic hydroxyl groups is 1. The molecule has 5 N–H and O–H groups in total. The number of nitrogens with two attached hydrogens (primary N) is 1. The summed E-state index contributed by atoms with van der Waals surface area (Å²) in [7, 11) is 0. The zero-order chi connectivity index (χ0) is 17.7. The molecule has 1 heterocycles. The lowest BCUT2D eigenvalue weighted by molar-refractivity contribution is -0.387. The van der Waals surface area contributed by atoms with E-state index >= 15 is 0 Å². The molecule has 0 spiro atoms. The topological polar surface area (TPSA) is 148 Å². The minimum absolute atomic E-state index is 0. The summed E-state index contributed by atoms with van der Waals surface area (Å²) in [6.45, 7) is 1.48. The van der Waals surface area contributed by atoms with E-state index in [-0.39, 0.29) is 46.1 Å². The number of carbonyl (C=O) groups excluding carboxylic acids is 2. The molecule has 0 bridgehead atoms. The maximum atomic E-state index is 11.9. The fourth-order valence-corrected chi connectivity index (χ4v) is 3.14. The Labute approximate surface area is 154 Å². The van der Waals surface area contributed by atoms with Crippen LogP contribution in [0.2, 0.25) is 0 Å². The molecular formula is C14H19ClN4O5S. The number of thioether (sulfide) groups is 1. The average Bonchev–Trinajstić information content (AvgIpc) is 2.95. The standard InChI is InChI=1S/C14H18N4O5S.ClH/c15-14(21)8-1-2-12(10(3-8)18(22)23)24-7-13(20)17-5-9-4-16-6-11(9)19;/h1-3,9,11,16,19H,4-7H2,(H2,15,21)(H,17,20);1H. The van der Waals surface area contributed by atoms with Gasteiger partial charge in [-0.1, -0.05) is 0 Å². The Balaban J connectivity index is 0.00000312. The van der Waals surface area contributed by atoms with Gasteiger partial charge in [-0.3, -0.25) is 19.7 Å². The van der Waals surface area contributed by atoms with E-state index in [1.807, 2.05) is 0 Å². The normalized spacial score (nSPS) is 19.1. The van der Waals surface area contributed by atoms with Gasteiger partial charge in [0.25, 0.3) is 5.69 Å². The molecular weight excluding hydrogens is 372 g/mol. The van der Waals surface area contributed by atoms with E-state index in [9.17, 15) is 24.8 Å². The Bertz CT molecular complexity index is 660. The van der Waals surface area contributed by atoms with Crippen molar-refractivity contribution in [1.82, 2.24) is 10.6 Å². The van der Waals surface area contributed by atoms with Crippen LogP contribution in [0.3, 0.4) is 0 Å². The van der Waals surface area contributed by atoms with Crippen LogP contribution in [0.5, 0.6) is 0 Å². The second kappa shape index (κ2) is 9.56. The molecule has 25 heavy (non-hydrogen) atoms. The molecule has 1 aromatic carbocycles. The molecule has 0 radical (unpaired) electrons. The molecule has 2 unspecified atom stereocenters. The molecule has 0 aromatic heterocycles. The minimum atomic E-state index is -0.754. The van der Waals surface area contributed by atoms with E-state index in [0.717, 1.165) is 17.8 Å². The largest absolute Gasteiger partial charge is 0.391 e. The Kier molecular flexibility index (Phi) is 8.10. The maximum absolute atomic E-state index is 11.9. The number of β-amino-alcohol motifs (C(OH)–C–C–N with tert-alkyl or cyclic N) is 1. The molecule has 2 amide bonds. The van der Waals surface area contributed by atoms with E-state index in [2.05, 4.69) is 10.6 Å². The summed E-state index contributed by atoms with van der Waals surface area (Å²) >= 11 is 1.00. The zero-order valence-corrected chi connectivity index (χ0v) is 14.8. The van der Waals surface area contributed by atoms with E-state index in [0.29, 0.717) is 19.6 Å². The van der Waals surface area contributed by atoms with Crippen LogP contribution in [0.15, 0.2) is 23.1 Å². The number of nitro benzene ring substituents is 1. The van der Waals surface area contributed by atoms with Crippen LogP contribution in [0.1, 0.15) is 10.4 Å². The number of benzene rings is 1. The van der Waals surface area contributed by atoms with Gasteiger partial charge in [0.2, 0.25) is 11.8 Å². The number of nitrogens with zero attached hydrogens (tertiary/aromatic N) is 1. The molecule has 1 aromatic rings. The van der Waals surface area contributed by atoms with E-state index in [4.69, 9.17) is 5.73 Å². The third-order valence-electron chi connectivity index (χ3n) is 3.66. The van der Waals surface area contributed by atoms with Gasteiger partial charge in [-0.2, -0.15) is 0 Å². The van der Waals surface area contributed by atoms with Crippen molar-refractivity contribution in [2.75, 3.05) is 25.4 Å². The average molecular weight is 391 g/mol. The van der Waals surface area contributed by atoms with Crippen molar-refractivity contribution < 1.29 is 19.6 Å². The number of nitro groups is 1. The Morgan fingerprint density at radius 3 is 2.72 bits per heavy atom. The first-order valence-electron chi connectivity index (χ1n) is 7.25. The number of halogens is 1. The molecule has 11 heteroatoms. The highest BCUT2D eigenvalue weighted by Crippen LogP contribution is 2.29. The van der Waals surface area contributed by atoms with Crippen LogP contribution in [0.25, 0.3) is 0 Å². The second-order valence-electron chi connectivity index (χ2n) is 5.38. The summed E-state index contributed by atoms with van der Waals surface area (Å²) in [5, 5.41) is 26.4. The number of hydrogen-bond donors (Lipinski definition) is 4. The van der Waals surface area contributed by atoms with Gasteiger partial charge < -0.3 is 21.5 Å². The SMILES string of the molecule is Cl.NC(=O)c1ccc(SCC(=O)NCC2CNCC2O)c([N+](=O)[O-])c1. The molecule has 1 saturated heterocycles. The zero-order valence-electron chi connectivity index (χ0n) is 13.1. The Hall–Kier alpha value is -1.88. The number of primary amides is 1. The molecule has 2 rings (SSSR count). The van der Waals surface area contributed by atoms with Crippen LogP contribution in [-0.2, 0) is 4.79 Å². The minimum Gasteiger partial charge on any atom is -0.391 e. The highest BCUT2D eigenvalue weighted by Gasteiger charge is 2.25. The van der Waals surface area contributed by atoms with Crippen molar-refractivity contribution in [2.45, 2.75) is 11.0 Å². The van der Waals surface area contributed by atoms with Crippen molar-refractivity contribution >= 4 is 41.7 Å². The highest BCUT2D eigenvalue weighted by atomic mass is 35.5. The summed E-state index contributed by atoms with van der Waals surface area (Å²) < 4.78 is 0. The van der Waals surface area contributed by atoms with Gasteiger partial charge in [-0.25, -0.2) is 0 Å². The number of carbonyl (C=O) groups is 2. The first-order chi connectivity index (χ1) is 11.4. The van der Waals surface area contributed by atoms with Gasteiger partial charge in [-0.05, 0) is 12.1 Å². The lowest BCUT2D eigenvalue weighted by Crippen LogP contribution is -2.35. The van der Waals surface area contributed by atoms with E-state index in [1.54, 1.807) is 0 Å². The van der Waals surface area contributed by atoms with Crippen molar-refractivity contribution in [3.63, 3.8) is 0 Å². The quantitative estimate of drug-likeness (QED) is 0.288. The molecule has 1 fully saturated rings. The lowest BCUT2D eigenvalue weighted by atomic mass is 10.1. The second-order valence-corrected chi connectivity index (χ2v) is 6.40. The third-order valence-corrected chi connectivity index (χ3v) is 4.73. The van der Waals surface area contributed by atoms with Gasteiger partial charge in [-0.15, -0.1) is 24.2 Å². The smallest absolute Gasteiger partial charge is 0.283 e. The van der Waals surface area contributed by atoms with Crippen LogP contribution in [-0.4, -0.2) is 53.3 Å². The molecule has 1 aliphatic heterocycles. The molecule has 0 saturated carbocycles. The predicted molar refractivity (Wildman–Crippen MR) is 95.0 cm³/mol.